The van der Waals surface area contributed by atoms with E-state index in [1.165, 1.54) is 12.5 Å². The summed E-state index contributed by atoms with van der Waals surface area (Å²) < 4.78 is 0. The van der Waals surface area contributed by atoms with Crippen molar-refractivity contribution in [2.24, 2.45) is 5.73 Å². The van der Waals surface area contributed by atoms with Crippen LogP contribution in [0.15, 0.2) is 12.5 Å². The lowest BCUT2D eigenvalue weighted by atomic mass is 10.1. The Morgan fingerprint density at radius 3 is 2.83 bits per heavy atom. The number of carbonyl (C=O) groups excluding carboxylic acids is 1. The van der Waals surface area contributed by atoms with Crippen LogP contribution in [-0.4, -0.2) is 39.0 Å². The van der Waals surface area contributed by atoms with Crippen LogP contribution in [-0.2, 0) is 16.0 Å². The Morgan fingerprint density at radius 2 is 2.33 bits per heavy atom. The first-order chi connectivity index (χ1) is 8.54. The topological polar surface area (TPSA) is 121 Å². The molecule has 0 unspecified atom stereocenters. The molecule has 0 aliphatic carbocycles. The quantitative estimate of drug-likeness (QED) is 0.530. The van der Waals surface area contributed by atoms with Crippen LogP contribution in [0.2, 0.25) is 0 Å². The van der Waals surface area contributed by atoms with Gasteiger partial charge < -0.3 is 21.1 Å². The summed E-state index contributed by atoms with van der Waals surface area (Å²) in [5, 5.41) is 11.5. The predicted octanol–water partition coefficient (Wildman–Crippen LogP) is -0.351. The van der Waals surface area contributed by atoms with Gasteiger partial charge in [-0.1, -0.05) is 13.3 Å². The number of carboxylic acid groups (broad SMARTS) is 1. The van der Waals surface area contributed by atoms with Crippen LogP contribution >= 0.6 is 0 Å². The molecule has 1 aromatic rings. The molecule has 18 heavy (non-hydrogen) atoms. The minimum Gasteiger partial charge on any atom is -0.480 e. The monoisotopic (exact) mass is 254 g/mol. The molecule has 1 rings (SSSR count). The molecule has 7 nitrogen and oxygen atoms in total. The van der Waals surface area contributed by atoms with Crippen LogP contribution in [0.4, 0.5) is 0 Å². The Bertz CT molecular complexity index is 391. The molecule has 1 aromatic heterocycles. The fourth-order valence-corrected chi connectivity index (χ4v) is 1.54. The molecule has 1 heterocycles. The van der Waals surface area contributed by atoms with E-state index in [1.54, 1.807) is 0 Å². The second-order valence-corrected chi connectivity index (χ2v) is 4.08. The summed E-state index contributed by atoms with van der Waals surface area (Å²) in [5.74, 6) is -1.54. The highest BCUT2D eigenvalue weighted by atomic mass is 16.4. The highest BCUT2D eigenvalue weighted by Gasteiger charge is 2.23. The maximum absolute atomic E-state index is 11.7. The number of aromatic nitrogens is 2. The average molecular weight is 254 g/mol. The van der Waals surface area contributed by atoms with Crippen LogP contribution in [0.3, 0.4) is 0 Å². The number of rotatable bonds is 7. The van der Waals surface area contributed by atoms with Gasteiger partial charge in [0, 0.05) is 18.3 Å². The summed E-state index contributed by atoms with van der Waals surface area (Å²) in [6, 6.07) is -1.67. The molecule has 0 saturated carbocycles. The summed E-state index contributed by atoms with van der Waals surface area (Å²) in [5.41, 5.74) is 6.27. The number of carbonyl (C=O) groups is 2. The molecule has 0 aliphatic rings. The summed E-state index contributed by atoms with van der Waals surface area (Å²) in [6.45, 7) is 1.91. The minimum absolute atomic E-state index is 0.153. The maximum Gasteiger partial charge on any atom is 0.326 e. The van der Waals surface area contributed by atoms with E-state index in [-0.39, 0.29) is 6.42 Å². The van der Waals surface area contributed by atoms with Gasteiger partial charge >= 0.3 is 5.97 Å². The number of hydrogen-bond donors (Lipinski definition) is 4. The molecule has 100 valence electrons. The molecule has 0 aliphatic heterocycles. The van der Waals surface area contributed by atoms with Crippen LogP contribution in [0.5, 0.6) is 0 Å². The van der Waals surface area contributed by atoms with Crippen molar-refractivity contribution in [3.8, 4) is 0 Å². The largest absolute Gasteiger partial charge is 0.480 e. The van der Waals surface area contributed by atoms with Gasteiger partial charge in [-0.2, -0.15) is 0 Å². The Morgan fingerprint density at radius 1 is 1.61 bits per heavy atom. The van der Waals surface area contributed by atoms with Gasteiger partial charge in [0.25, 0.3) is 0 Å². The fraction of sp³-hybridized carbons (Fsp3) is 0.545. The zero-order valence-electron chi connectivity index (χ0n) is 10.2. The van der Waals surface area contributed by atoms with E-state index in [0.717, 1.165) is 6.42 Å². The number of aliphatic carboxylic acids is 1. The second kappa shape index (κ2) is 6.75. The van der Waals surface area contributed by atoms with Crippen molar-refractivity contribution in [2.45, 2.75) is 38.3 Å². The van der Waals surface area contributed by atoms with Crippen molar-refractivity contribution >= 4 is 11.9 Å². The second-order valence-electron chi connectivity index (χ2n) is 4.08. The molecule has 0 fully saturated rings. The van der Waals surface area contributed by atoms with Gasteiger partial charge in [-0.15, -0.1) is 0 Å². The molecular formula is C11H18N4O3. The molecule has 0 saturated heterocycles. The van der Waals surface area contributed by atoms with Crippen molar-refractivity contribution in [1.29, 1.82) is 0 Å². The summed E-state index contributed by atoms with van der Waals surface area (Å²) in [7, 11) is 0. The number of nitrogens with zero attached hydrogens (tertiary/aromatic N) is 1. The van der Waals surface area contributed by atoms with E-state index in [2.05, 4.69) is 15.3 Å². The summed E-state index contributed by atoms with van der Waals surface area (Å²) in [6.07, 6.45) is 4.43. The summed E-state index contributed by atoms with van der Waals surface area (Å²) in [4.78, 5) is 29.3. The Labute approximate surface area is 105 Å². The van der Waals surface area contributed by atoms with Gasteiger partial charge in [0.2, 0.25) is 5.91 Å². The van der Waals surface area contributed by atoms with Crippen LogP contribution in [0.1, 0.15) is 25.5 Å². The average Bonchev–Trinajstić information content (AvgIpc) is 2.81. The number of nitrogens with two attached hydrogens (primary N) is 1. The first kappa shape index (κ1) is 14.2. The molecule has 0 aromatic carbocycles. The van der Waals surface area contributed by atoms with Gasteiger partial charge in [0.1, 0.15) is 6.04 Å². The van der Waals surface area contributed by atoms with E-state index in [1.807, 2.05) is 6.92 Å². The number of imidazole rings is 1. The minimum atomic E-state index is -1.10. The van der Waals surface area contributed by atoms with Crippen LogP contribution < -0.4 is 11.1 Å². The molecule has 2 atom stereocenters. The van der Waals surface area contributed by atoms with E-state index in [4.69, 9.17) is 10.8 Å². The number of H-pyrrole nitrogens is 1. The molecular weight excluding hydrogens is 236 g/mol. The van der Waals surface area contributed by atoms with Crippen molar-refractivity contribution in [3.63, 3.8) is 0 Å². The summed E-state index contributed by atoms with van der Waals surface area (Å²) >= 11 is 0. The van der Waals surface area contributed by atoms with Crippen molar-refractivity contribution in [3.05, 3.63) is 18.2 Å². The standard InChI is InChI=1S/C11H18N4O3/c1-2-3-8(12)10(16)15-9(11(17)18)4-7-5-13-6-14-7/h5-6,8-9H,2-4,12H2,1H3,(H,13,14)(H,15,16)(H,17,18)/t8-,9-/m1/s1. The first-order valence-electron chi connectivity index (χ1n) is 5.80. The third-order valence-electron chi connectivity index (χ3n) is 2.53. The van der Waals surface area contributed by atoms with Crippen LogP contribution in [0, 0.1) is 0 Å². The molecule has 5 N–H and O–H groups in total. The van der Waals surface area contributed by atoms with E-state index >= 15 is 0 Å². The first-order valence-corrected chi connectivity index (χ1v) is 5.80. The lowest BCUT2D eigenvalue weighted by molar-refractivity contribution is -0.142. The maximum atomic E-state index is 11.7. The highest BCUT2D eigenvalue weighted by molar-refractivity contribution is 5.86. The molecule has 0 radical (unpaired) electrons. The molecule has 0 bridgehead atoms. The lowest BCUT2D eigenvalue weighted by Crippen LogP contribution is -2.49. The van der Waals surface area contributed by atoms with Crippen molar-refractivity contribution < 1.29 is 14.7 Å². The smallest absolute Gasteiger partial charge is 0.326 e. The Kier molecular flexibility index (Phi) is 5.31. The number of nitrogens with one attached hydrogen (secondary N) is 2. The SMILES string of the molecule is CCC[C@@H](N)C(=O)N[C@H](Cc1cnc[nH]1)C(=O)O. The third-order valence-corrected chi connectivity index (χ3v) is 2.53. The fourth-order valence-electron chi connectivity index (χ4n) is 1.54. The zero-order chi connectivity index (χ0) is 13.5. The highest BCUT2D eigenvalue weighted by Crippen LogP contribution is 2.00. The van der Waals surface area contributed by atoms with Gasteiger partial charge in [0.15, 0.2) is 0 Å². The van der Waals surface area contributed by atoms with E-state index < -0.39 is 24.0 Å². The predicted molar refractivity (Wildman–Crippen MR) is 64.7 cm³/mol. The molecule has 7 heteroatoms. The van der Waals surface area contributed by atoms with Crippen molar-refractivity contribution in [2.75, 3.05) is 0 Å². The Hall–Kier alpha value is -1.89. The zero-order valence-corrected chi connectivity index (χ0v) is 10.2. The number of amides is 1. The van der Waals surface area contributed by atoms with E-state index in [9.17, 15) is 9.59 Å². The lowest BCUT2D eigenvalue weighted by Gasteiger charge is -2.16. The van der Waals surface area contributed by atoms with E-state index in [0.29, 0.717) is 12.1 Å². The molecule has 0 spiro atoms. The third kappa shape index (κ3) is 4.17. The van der Waals surface area contributed by atoms with Crippen LogP contribution in [0.25, 0.3) is 0 Å². The van der Waals surface area contributed by atoms with Crippen molar-refractivity contribution in [1.82, 2.24) is 15.3 Å². The number of aromatic amines is 1. The number of hydrogen-bond acceptors (Lipinski definition) is 4. The van der Waals surface area contributed by atoms with Gasteiger partial charge in [-0.05, 0) is 6.42 Å². The normalized spacial score (nSPS) is 13.9. The van der Waals surface area contributed by atoms with Gasteiger partial charge in [-0.3, -0.25) is 4.79 Å². The van der Waals surface area contributed by atoms with Gasteiger partial charge in [-0.25, -0.2) is 9.78 Å². The number of carboxylic acids is 1. The Balaban J connectivity index is 2.58. The van der Waals surface area contributed by atoms with Gasteiger partial charge in [0.05, 0.1) is 12.4 Å². The molecule has 1 amide bonds.